The van der Waals surface area contributed by atoms with Crippen molar-refractivity contribution in [3.8, 4) is 5.75 Å². The van der Waals surface area contributed by atoms with Gasteiger partial charge in [0, 0.05) is 7.11 Å². The molecule has 5 heteroatoms. The zero-order valence-electron chi connectivity index (χ0n) is 13.6. The summed E-state index contributed by atoms with van der Waals surface area (Å²) in [6, 6.07) is 9.45. The molecular formula is C17H27F3O2. The van der Waals surface area contributed by atoms with Gasteiger partial charge in [-0.05, 0) is 37.8 Å². The van der Waals surface area contributed by atoms with Crippen LogP contribution in [0.2, 0.25) is 0 Å². The number of aliphatic hydroxyl groups excluding tert-OH is 1. The van der Waals surface area contributed by atoms with Gasteiger partial charge in [-0.15, -0.1) is 0 Å². The van der Waals surface area contributed by atoms with E-state index in [9.17, 15) is 13.2 Å². The van der Waals surface area contributed by atoms with Gasteiger partial charge in [0.1, 0.15) is 5.75 Å². The van der Waals surface area contributed by atoms with Crippen LogP contribution < -0.4 is 4.74 Å². The van der Waals surface area contributed by atoms with Crippen LogP contribution >= 0.6 is 0 Å². The van der Waals surface area contributed by atoms with Gasteiger partial charge in [0.2, 0.25) is 0 Å². The zero-order valence-corrected chi connectivity index (χ0v) is 13.6. The third-order valence-electron chi connectivity index (χ3n) is 3.38. The molecule has 0 spiro atoms. The maximum atomic E-state index is 12.4. The summed E-state index contributed by atoms with van der Waals surface area (Å²) in [6.07, 6.45) is -0.867. The zero-order chi connectivity index (χ0) is 17.0. The maximum absolute atomic E-state index is 12.4. The van der Waals surface area contributed by atoms with Crippen LogP contribution in [0.1, 0.15) is 46.0 Å². The first-order valence-corrected chi connectivity index (χ1v) is 7.66. The molecular weight excluding hydrogens is 293 g/mol. The lowest BCUT2D eigenvalue weighted by atomic mass is 10.0. The second-order valence-corrected chi connectivity index (χ2v) is 5.22. The van der Waals surface area contributed by atoms with Crippen LogP contribution in [0.4, 0.5) is 13.2 Å². The fraction of sp³-hybridized carbons (Fsp3) is 0.647. The Kier molecular flexibility index (Phi) is 10.7. The first kappa shape index (κ1) is 20.8. The quantitative estimate of drug-likeness (QED) is 0.712. The average molecular weight is 320 g/mol. The minimum atomic E-state index is -4.08. The number of para-hydroxylation sites is 1. The van der Waals surface area contributed by atoms with Crippen LogP contribution in [0, 0.1) is 5.92 Å². The van der Waals surface area contributed by atoms with Crippen molar-refractivity contribution in [3.63, 3.8) is 0 Å². The highest BCUT2D eigenvalue weighted by Gasteiger charge is 2.35. The number of hydrogen-bond donors (Lipinski definition) is 1. The molecule has 1 N–H and O–H groups in total. The van der Waals surface area contributed by atoms with E-state index in [-0.39, 0.29) is 12.5 Å². The summed E-state index contributed by atoms with van der Waals surface area (Å²) < 4.78 is 43.2. The number of rotatable bonds is 8. The maximum Gasteiger partial charge on any atom is 0.391 e. The first-order valence-electron chi connectivity index (χ1n) is 7.66. The highest BCUT2D eigenvalue weighted by molar-refractivity contribution is 5.21. The van der Waals surface area contributed by atoms with Gasteiger partial charge in [0.05, 0.1) is 12.0 Å². The normalized spacial score (nSPS) is 13.8. The molecule has 0 aromatic heterocycles. The molecule has 1 aromatic rings. The Morgan fingerprint density at radius 3 is 2.14 bits per heavy atom. The summed E-state index contributed by atoms with van der Waals surface area (Å²) in [5.41, 5.74) is 0. The summed E-state index contributed by atoms with van der Waals surface area (Å²) in [7, 11) is 1.00. The van der Waals surface area contributed by atoms with Crippen molar-refractivity contribution in [2.75, 3.05) is 7.11 Å². The summed E-state index contributed by atoms with van der Waals surface area (Å²) in [4.78, 5) is 0. The molecule has 0 aliphatic heterocycles. The molecule has 0 heterocycles. The van der Waals surface area contributed by atoms with Crippen molar-refractivity contribution in [2.24, 2.45) is 5.92 Å². The Morgan fingerprint density at radius 1 is 1.05 bits per heavy atom. The van der Waals surface area contributed by atoms with Crippen molar-refractivity contribution in [1.29, 1.82) is 0 Å². The van der Waals surface area contributed by atoms with E-state index in [0.717, 1.165) is 25.7 Å². The Bertz CT molecular complexity index is 366. The molecule has 1 aromatic carbocycles. The van der Waals surface area contributed by atoms with Crippen LogP contribution in [0.15, 0.2) is 30.3 Å². The van der Waals surface area contributed by atoms with E-state index in [0.29, 0.717) is 12.8 Å². The molecule has 2 unspecified atom stereocenters. The van der Waals surface area contributed by atoms with E-state index in [4.69, 9.17) is 9.84 Å². The molecule has 2 nitrogen and oxygen atoms in total. The van der Waals surface area contributed by atoms with Crippen LogP contribution in [0.25, 0.3) is 0 Å². The lowest BCUT2D eigenvalue weighted by Gasteiger charge is -2.20. The van der Waals surface area contributed by atoms with Gasteiger partial charge in [-0.2, -0.15) is 13.2 Å². The second-order valence-electron chi connectivity index (χ2n) is 5.22. The number of halogens is 3. The SMILES string of the molecule is CCCC(CCCC(C)C(F)(F)F)Oc1ccccc1.CO. The summed E-state index contributed by atoms with van der Waals surface area (Å²) >= 11 is 0. The standard InChI is InChI=1S/C16H23F3O.CH4O/c1-3-8-14(20-15-10-5-4-6-11-15)12-7-9-13(2)16(17,18)19;1-2/h4-6,10-11,13-14H,3,7-9,12H2,1-2H3;2H,1H3. The van der Waals surface area contributed by atoms with E-state index < -0.39 is 12.1 Å². The fourth-order valence-electron chi connectivity index (χ4n) is 2.09. The van der Waals surface area contributed by atoms with Gasteiger partial charge in [-0.3, -0.25) is 0 Å². The molecule has 22 heavy (non-hydrogen) atoms. The molecule has 0 saturated heterocycles. The molecule has 0 radical (unpaired) electrons. The molecule has 0 fully saturated rings. The third-order valence-corrected chi connectivity index (χ3v) is 3.38. The Balaban J connectivity index is 0.00000211. The molecule has 128 valence electrons. The Morgan fingerprint density at radius 2 is 1.64 bits per heavy atom. The molecule has 0 bridgehead atoms. The van der Waals surface area contributed by atoms with E-state index >= 15 is 0 Å². The van der Waals surface area contributed by atoms with E-state index in [1.807, 2.05) is 30.3 Å². The van der Waals surface area contributed by atoms with Crippen LogP contribution in [-0.2, 0) is 0 Å². The van der Waals surface area contributed by atoms with Crippen LogP contribution in [0.3, 0.4) is 0 Å². The van der Waals surface area contributed by atoms with Gasteiger partial charge in [0.15, 0.2) is 0 Å². The highest BCUT2D eigenvalue weighted by Crippen LogP contribution is 2.30. The van der Waals surface area contributed by atoms with Crippen molar-refractivity contribution in [2.45, 2.75) is 58.2 Å². The first-order chi connectivity index (χ1) is 10.4. The van der Waals surface area contributed by atoms with Crippen molar-refractivity contribution in [1.82, 2.24) is 0 Å². The topological polar surface area (TPSA) is 29.5 Å². The van der Waals surface area contributed by atoms with Gasteiger partial charge in [-0.1, -0.05) is 38.5 Å². The van der Waals surface area contributed by atoms with Gasteiger partial charge in [-0.25, -0.2) is 0 Å². The van der Waals surface area contributed by atoms with Crippen LogP contribution in [-0.4, -0.2) is 24.5 Å². The molecule has 0 aliphatic carbocycles. The van der Waals surface area contributed by atoms with Crippen LogP contribution in [0.5, 0.6) is 5.75 Å². The van der Waals surface area contributed by atoms with Gasteiger partial charge >= 0.3 is 6.18 Å². The predicted molar refractivity (Wildman–Crippen MR) is 83.0 cm³/mol. The lowest BCUT2D eigenvalue weighted by Crippen LogP contribution is -2.21. The number of hydrogen-bond acceptors (Lipinski definition) is 2. The molecule has 0 amide bonds. The Labute approximate surface area is 131 Å². The molecule has 2 atom stereocenters. The minimum absolute atomic E-state index is 0.00262. The van der Waals surface area contributed by atoms with E-state index in [1.54, 1.807) is 0 Å². The van der Waals surface area contributed by atoms with Crippen molar-refractivity contribution < 1.29 is 23.0 Å². The van der Waals surface area contributed by atoms with E-state index in [1.165, 1.54) is 6.92 Å². The molecule has 1 rings (SSSR count). The summed E-state index contributed by atoms with van der Waals surface area (Å²) in [5, 5.41) is 7.00. The van der Waals surface area contributed by atoms with Crippen molar-refractivity contribution >= 4 is 0 Å². The average Bonchev–Trinajstić information content (AvgIpc) is 2.49. The predicted octanol–water partition coefficient (Wildman–Crippen LogP) is 5.21. The smallest absolute Gasteiger partial charge is 0.391 e. The van der Waals surface area contributed by atoms with Gasteiger partial charge in [0.25, 0.3) is 0 Å². The fourth-order valence-corrected chi connectivity index (χ4v) is 2.09. The van der Waals surface area contributed by atoms with Crippen molar-refractivity contribution in [3.05, 3.63) is 30.3 Å². The second kappa shape index (κ2) is 11.4. The molecule has 0 saturated carbocycles. The number of alkyl halides is 3. The number of benzene rings is 1. The van der Waals surface area contributed by atoms with E-state index in [2.05, 4.69) is 6.92 Å². The molecule has 0 aliphatic rings. The van der Waals surface area contributed by atoms with Gasteiger partial charge < -0.3 is 9.84 Å². The highest BCUT2D eigenvalue weighted by atomic mass is 19.4. The third kappa shape index (κ3) is 8.93. The monoisotopic (exact) mass is 320 g/mol. The summed E-state index contributed by atoms with van der Waals surface area (Å²) in [6.45, 7) is 3.30. The number of ether oxygens (including phenoxy) is 1. The lowest BCUT2D eigenvalue weighted by molar-refractivity contribution is -0.171. The number of aliphatic hydroxyl groups is 1. The minimum Gasteiger partial charge on any atom is -0.490 e. The Hall–Kier alpha value is -1.23. The summed E-state index contributed by atoms with van der Waals surface area (Å²) in [5.74, 6) is -0.448. The largest absolute Gasteiger partial charge is 0.490 e.